The number of carboxylic acid groups (broad SMARTS) is 1. The molecule has 4 aliphatic rings. The molecule has 33 heavy (non-hydrogen) atoms. The van der Waals surface area contributed by atoms with Crippen LogP contribution in [-0.4, -0.2) is 45.4 Å². The molecule has 6 nitrogen and oxygen atoms in total. The average molecular weight is 464 g/mol. The quantitative estimate of drug-likeness (QED) is 0.477. The summed E-state index contributed by atoms with van der Waals surface area (Å²) in [6, 6.07) is -0.852. The molecule has 0 heterocycles. The van der Waals surface area contributed by atoms with Crippen LogP contribution in [0.25, 0.3) is 0 Å². The minimum atomic E-state index is -1.01. The van der Waals surface area contributed by atoms with Gasteiger partial charge in [0.25, 0.3) is 0 Å². The summed E-state index contributed by atoms with van der Waals surface area (Å²) in [6.45, 7) is 8.65. The molecule has 11 atom stereocenters. The van der Waals surface area contributed by atoms with Gasteiger partial charge in [-0.25, -0.2) is 0 Å². The van der Waals surface area contributed by atoms with E-state index in [4.69, 9.17) is 5.11 Å². The number of hydrogen-bond donors (Lipinski definition) is 4. The van der Waals surface area contributed by atoms with E-state index in [9.17, 15) is 19.8 Å². The highest BCUT2D eigenvalue weighted by molar-refractivity contribution is 5.83. The van der Waals surface area contributed by atoms with E-state index in [1.807, 2.05) is 0 Å². The van der Waals surface area contributed by atoms with Crippen molar-refractivity contribution in [2.75, 3.05) is 0 Å². The number of rotatable bonds is 6. The van der Waals surface area contributed by atoms with E-state index in [1.54, 1.807) is 0 Å². The van der Waals surface area contributed by atoms with Crippen molar-refractivity contribution in [3.63, 3.8) is 0 Å². The number of fused-ring (bicyclic) bond motifs is 5. The summed E-state index contributed by atoms with van der Waals surface area (Å²) in [7, 11) is 0. The first-order valence-corrected chi connectivity index (χ1v) is 13.4. The van der Waals surface area contributed by atoms with Gasteiger partial charge in [-0.1, -0.05) is 20.8 Å². The van der Waals surface area contributed by atoms with Gasteiger partial charge in [0.2, 0.25) is 5.91 Å². The Morgan fingerprint density at radius 2 is 1.64 bits per heavy atom. The van der Waals surface area contributed by atoms with Crippen molar-refractivity contribution in [1.82, 2.24) is 5.32 Å². The van der Waals surface area contributed by atoms with Crippen molar-refractivity contribution in [3.8, 4) is 0 Å². The zero-order chi connectivity index (χ0) is 24.1. The van der Waals surface area contributed by atoms with Crippen molar-refractivity contribution < 1.29 is 24.9 Å². The highest BCUT2D eigenvalue weighted by atomic mass is 16.4. The van der Waals surface area contributed by atoms with Gasteiger partial charge < -0.3 is 20.6 Å². The van der Waals surface area contributed by atoms with Gasteiger partial charge in [-0.3, -0.25) is 9.59 Å². The summed E-state index contributed by atoms with van der Waals surface area (Å²) in [6.07, 6.45) is 9.02. The summed E-state index contributed by atoms with van der Waals surface area (Å²) in [4.78, 5) is 23.2. The number of hydrogen-bond acceptors (Lipinski definition) is 4. The molecule has 0 bridgehead atoms. The monoisotopic (exact) mass is 463 g/mol. The third-order valence-corrected chi connectivity index (χ3v) is 11.0. The third kappa shape index (κ3) is 4.35. The minimum Gasteiger partial charge on any atom is -0.480 e. The van der Waals surface area contributed by atoms with Crippen LogP contribution in [0.3, 0.4) is 0 Å². The Labute approximate surface area is 198 Å². The fraction of sp³-hybridized carbons (Fsp3) is 0.926. The van der Waals surface area contributed by atoms with Crippen LogP contribution in [0.4, 0.5) is 0 Å². The summed E-state index contributed by atoms with van der Waals surface area (Å²) < 4.78 is 0. The molecular weight excluding hydrogens is 418 g/mol. The Balaban J connectivity index is 1.43. The van der Waals surface area contributed by atoms with Crippen LogP contribution >= 0.6 is 0 Å². The Kier molecular flexibility index (Phi) is 6.92. The number of aliphatic hydroxyl groups excluding tert-OH is 2. The fourth-order valence-corrected chi connectivity index (χ4v) is 9.11. The second-order valence-electron chi connectivity index (χ2n) is 12.6. The first-order chi connectivity index (χ1) is 15.5. The Morgan fingerprint density at radius 3 is 2.33 bits per heavy atom. The lowest BCUT2D eigenvalue weighted by Crippen LogP contribution is -2.58. The summed E-state index contributed by atoms with van der Waals surface area (Å²) >= 11 is 0. The van der Waals surface area contributed by atoms with E-state index in [1.165, 1.54) is 13.3 Å². The van der Waals surface area contributed by atoms with Gasteiger partial charge in [0.05, 0.1) is 12.2 Å². The first-order valence-electron chi connectivity index (χ1n) is 13.4. The predicted molar refractivity (Wildman–Crippen MR) is 126 cm³/mol. The highest BCUT2D eigenvalue weighted by Gasteiger charge is 2.62. The topological polar surface area (TPSA) is 107 Å². The van der Waals surface area contributed by atoms with E-state index in [2.05, 4.69) is 26.1 Å². The van der Waals surface area contributed by atoms with E-state index in [0.717, 1.165) is 51.4 Å². The predicted octanol–water partition coefficient (Wildman–Crippen LogP) is 3.98. The van der Waals surface area contributed by atoms with Crippen LogP contribution in [0, 0.1) is 46.3 Å². The Hall–Kier alpha value is -1.14. The standard InChI is InChI=1S/C27H45NO5/c1-15(5-8-23(31)28-16(2)25(32)33)19-6-7-20-24-21(10-12-27(19,20)4)26(3)11-9-18(29)13-17(26)14-22(24)30/h15-22,24,29-30H,5-14H2,1-4H3,(H,28,31)(H,32,33). The number of nitrogens with one attached hydrogen (secondary N) is 1. The van der Waals surface area contributed by atoms with Crippen molar-refractivity contribution in [2.24, 2.45) is 46.3 Å². The molecular formula is C27H45NO5. The molecule has 0 radical (unpaired) electrons. The third-order valence-electron chi connectivity index (χ3n) is 11.0. The molecule has 0 spiro atoms. The zero-order valence-corrected chi connectivity index (χ0v) is 20.9. The molecule has 0 saturated heterocycles. The lowest BCUT2D eigenvalue weighted by Gasteiger charge is -2.62. The Bertz CT molecular complexity index is 757. The van der Waals surface area contributed by atoms with Gasteiger partial charge in [0.1, 0.15) is 6.04 Å². The molecule has 1 amide bonds. The SMILES string of the molecule is CC(NC(=O)CCC(C)C1CCC2C3C(O)CC4CC(O)CCC4(C)C3CCC12C)C(=O)O. The van der Waals surface area contributed by atoms with E-state index in [-0.39, 0.29) is 28.9 Å². The number of amides is 1. The van der Waals surface area contributed by atoms with Crippen molar-refractivity contribution in [3.05, 3.63) is 0 Å². The van der Waals surface area contributed by atoms with E-state index in [0.29, 0.717) is 41.9 Å². The van der Waals surface area contributed by atoms with Crippen LogP contribution in [0.2, 0.25) is 0 Å². The van der Waals surface area contributed by atoms with Gasteiger partial charge in [-0.15, -0.1) is 0 Å². The second-order valence-corrected chi connectivity index (χ2v) is 12.6. The summed E-state index contributed by atoms with van der Waals surface area (Å²) in [5, 5.41) is 33.2. The smallest absolute Gasteiger partial charge is 0.325 e. The summed E-state index contributed by atoms with van der Waals surface area (Å²) in [5.74, 6) is 1.63. The lowest BCUT2D eigenvalue weighted by atomic mass is 9.43. The molecule has 0 aromatic rings. The normalized spacial score (nSPS) is 46.4. The van der Waals surface area contributed by atoms with Crippen molar-refractivity contribution >= 4 is 11.9 Å². The van der Waals surface area contributed by atoms with Crippen molar-refractivity contribution in [1.29, 1.82) is 0 Å². The largest absolute Gasteiger partial charge is 0.480 e. The van der Waals surface area contributed by atoms with Crippen LogP contribution < -0.4 is 5.32 Å². The molecule has 0 aromatic heterocycles. The van der Waals surface area contributed by atoms with E-state index >= 15 is 0 Å². The number of carbonyl (C=O) groups excluding carboxylic acids is 1. The molecule has 4 fully saturated rings. The molecule has 11 unspecified atom stereocenters. The zero-order valence-electron chi connectivity index (χ0n) is 20.9. The summed E-state index contributed by atoms with van der Waals surface area (Å²) in [5.41, 5.74) is 0.441. The molecule has 4 N–H and O–H groups in total. The first kappa shape index (κ1) is 25.0. The molecule has 6 heteroatoms. The van der Waals surface area contributed by atoms with Crippen molar-refractivity contribution in [2.45, 2.75) is 110 Å². The van der Waals surface area contributed by atoms with Crippen LogP contribution in [0.15, 0.2) is 0 Å². The van der Waals surface area contributed by atoms with Crippen LogP contribution in [0.5, 0.6) is 0 Å². The van der Waals surface area contributed by atoms with Gasteiger partial charge in [-0.05, 0) is 111 Å². The maximum absolute atomic E-state index is 12.2. The van der Waals surface area contributed by atoms with Crippen LogP contribution in [0.1, 0.15) is 91.9 Å². The fourth-order valence-electron chi connectivity index (χ4n) is 9.11. The number of aliphatic carboxylic acids is 1. The molecule has 4 saturated carbocycles. The maximum Gasteiger partial charge on any atom is 0.325 e. The van der Waals surface area contributed by atoms with Gasteiger partial charge in [0.15, 0.2) is 0 Å². The number of aliphatic hydroxyl groups is 2. The van der Waals surface area contributed by atoms with E-state index < -0.39 is 12.0 Å². The van der Waals surface area contributed by atoms with Gasteiger partial charge in [0, 0.05) is 6.42 Å². The lowest BCUT2D eigenvalue weighted by molar-refractivity contribution is -0.174. The van der Waals surface area contributed by atoms with Gasteiger partial charge in [-0.2, -0.15) is 0 Å². The second kappa shape index (κ2) is 9.14. The van der Waals surface area contributed by atoms with Crippen LogP contribution in [-0.2, 0) is 9.59 Å². The molecule has 4 aliphatic carbocycles. The Morgan fingerprint density at radius 1 is 0.970 bits per heavy atom. The highest BCUT2D eigenvalue weighted by Crippen LogP contribution is 2.68. The minimum absolute atomic E-state index is 0.179. The number of carboxylic acids is 1. The maximum atomic E-state index is 12.2. The molecule has 188 valence electrons. The average Bonchev–Trinajstić information content (AvgIpc) is 3.10. The number of carbonyl (C=O) groups is 2. The molecule has 0 aromatic carbocycles. The molecule has 4 rings (SSSR count). The van der Waals surface area contributed by atoms with Gasteiger partial charge >= 0.3 is 5.97 Å². The molecule has 0 aliphatic heterocycles.